The molecule has 2 nitrogen and oxygen atoms in total. The molecule has 0 N–H and O–H groups in total. The van der Waals surface area contributed by atoms with Crippen molar-refractivity contribution in [2.24, 2.45) is 4.99 Å². The van der Waals surface area contributed by atoms with Gasteiger partial charge in [0.05, 0.1) is 16.8 Å². The van der Waals surface area contributed by atoms with Gasteiger partial charge in [-0.25, -0.2) is 4.99 Å². The second-order valence-electron chi connectivity index (χ2n) is 7.24. The van der Waals surface area contributed by atoms with Crippen molar-refractivity contribution < 1.29 is 4.79 Å². The Kier molecular flexibility index (Phi) is 2.21. The number of aliphatic imine (C=N–C) groups is 1. The van der Waals surface area contributed by atoms with Crippen LogP contribution in [0, 0.1) is 6.92 Å². The molecule has 4 aliphatic carbocycles. The molecule has 0 fully saturated rings. The van der Waals surface area contributed by atoms with Gasteiger partial charge < -0.3 is 0 Å². The number of ketones is 1. The quantitative estimate of drug-likeness (QED) is 0.520. The van der Waals surface area contributed by atoms with E-state index < -0.39 is 0 Å². The molecule has 0 aromatic heterocycles. The first kappa shape index (κ1) is 13.3. The maximum absolute atomic E-state index is 12.8. The molecule has 2 aromatic carbocycles. The Morgan fingerprint density at radius 2 is 1.92 bits per heavy atom. The van der Waals surface area contributed by atoms with Crippen molar-refractivity contribution in [2.45, 2.75) is 18.3 Å². The first-order chi connectivity index (χ1) is 12.2. The first-order valence-corrected chi connectivity index (χ1v) is 8.66. The second kappa shape index (κ2) is 4.15. The summed E-state index contributed by atoms with van der Waals surface area (Å²) in [6.45, 7) is 2.11. The van der Waals surface area contributed by atoms with E-state index in [0.717, 1.165) is 22.5 Å². The lowest BCUT2D eigenvalue weighted by Gasteiger charge is -2.49. The summed E-state index contributed by atoms with van der Waals surface area (Å²) in [6.07, 6.45) is 8.09. The van der Waals surface area contributed by atoms with Crippen LogP contribution in [-0.2, 0) is 10.2 Å². The molecule has 118 valence electrons. The average molecular weight is 321 g/mol. The van der Waals surface area contributed by atoms with Gasteiger partial charge in [0.15, 0.2) is 5.78 Å². The molecule has 2 aromatic rings. The van der Waals surface area contributed by atoms with E-state index in [0.29, 0.717) is 0 Å². The van der Waals surface area contributed by atoms with Gasteiger partial charge in [-0.15, -0.1) is 0 Å². The van der Waals surface area contributed by atoms with E-state index in [-0.39, 0.29) is 17.1 Å². The number of hydrogen-bond acceptors (Lipinski definition) is 2. The van der Waals surface area contributed by atoms with E-state index in [1.807, 2.05) is 6.08 Å². The highest BCUT2D eigenvalue weighted by Gasteiger charge is 2.53. The molecule has 7 rings (SSSR count). The van der Waals surface area contributed by atoms with Crippen molar-refractivity contribution in [3.8, 4) is 0 Å². The zero-order chi connectivity index (χ0) is 16.8. The van der Waals surface area contributed by atoms with E-state index in [1.54, 1.807) is 6.08 Å². The fourth-order valence-electron chi connectivity index (χ4n) is 5.00. The van der Waals surface area contributed by atoms with Crippen LogP contribution < -0.4 is 0 Å². The molecule has 5 aliphatic rings. The topological polar surface area (TPSA) is 29.4 Å². The van der Waals surface area contributed by atoms with Gasteiger partial charge in [0.1, 0.15) is 0 Å². The van der Waals surface area contributed by atoms with Crippen molar-refractivity contribution in [3.05, 3.63) is 100 Å². The number of hydrogen-bond donors (Lipinski definition) is 0. The molecule has 2 atom stereocenters. The molecule has 0 radical (unpaired) electrons. The van der Waals surface area contributed by atoms with Crippen LogP contribution in [0.1, 0.15) is 28.2 Å². The summed E-state index contributed by atoms with van der Waals surface area (Å²) in [7, 11) is 0. The summed E-state index contributed by atoms with van der Waals surface area (Å²) in [6, 6.07) is 15.0. The molecule has 2 bridgehead atoms. The Labute approximate surface area is 145 Å². The van der Waals surface area contributed by atoms with Crippen LogP contribution in [0.3, 0.4) is 0 Å². The van der Waals surface area contributed by atoms with Gasteiger partial charge in [0.25, 0.3) is 0 Å². The highest BCUT2D eigenvalue weighted by molar-refractivity contribution is 6.27. The third kappa shape index (κ3) is 1.38. The van der Waals surface area contributed by atoms with Gasteiger partial charge in [0, 0.05) is 17.1 Å². The minimum absolute atomic E-state index is 0.0436. The summed E-state index contributed by atoms with van der Waals surface area (Å²) in [4.78, 5) is 17.7. The van der Waals surface area contributed by atoms with Crippen molar-refractivity contribution >= 4 is 17.2 Å². The molecule has 0 amide bonds. The molecule has 25 heavy (non-hydrogen) atoms. The molecule has 2 unspecified atom stereocenters. The van der Waals surface area contributed by atoms with Crippen LogP contribution in [0.2, 0.25) is 0 Å². The van der Waals surface area contributed by atoms with Crippen molar-refractivity contribution in [3.63, 3.8) is 0 Å². The SMILES string of the molecule is Cc1ccc2c(c1)C13C=CC(C4=C1C(=N2)C=CC4=O)c1ccccc13. The Balaban J connectivity index is 1.85. The number of nitrogens with zero attached hydrogens (tertiary/aromatic N) is 1. The predicted molar refractivity (Wildman–Crippen MR) is 98.5 cm³/mol. The third-order valence-electron chi connectivity index (χ3n) is 5.97. The molecule has 0 saturated carbocycles. The number of fused-ring (bicyclic) bond motifs is 1. The number of aryl methyl sites for hydroxylation is 1. The minimum atomic E-state index is -0.389. The van der Waals surface area contributed by atoms with Crippen LogP contribution in [-0.4, -0.2) is 11.5 Å². The molecule has 1 heterocycles. The third-order valence-corrected chi connectivity index (χ3v) is 5.97. The molecular weight excluding hydrogens is 306 g/mol. The summed E-state index contributed by atoms with van der Waals surface area (Å²) in [5.41, 5.74) is 8.51. The lowest BCUT2D eigenvalue weighted by molar-refractivity contribution is -0.111. The Morgan fingerprint density at radius 1 is 1.04 bits per heavy atom. The molecule has 2 heteroatoms. The van der Waals surface area contributed by atoms with Gasteiger partial charge in [-0.1, -0.05) is 54.1 Å². The van der Waals surface area contributed by atoms with Gasteiger partial charge in [-0.2, -0.15) is 0 Å². The number of carbonyl (C=O) groups is 1. The normalized spacial score (nSPS) is 27.0. The first-order valence-electron chi connectivity index (χ1n) is 8.66. The Morgan fingerprint density at radius 3 is 2.84 bits per heavy atom. The zero-order valence-corrected chi connectivity index (χ0v) is 13.8. The maximum atomic E-state index is 12.8. The molecule has 1 spiro atoms. The number of carbonyl (C=O) groups excluding carboxylic acids is 1. The van der Waals surface area contributed by atoms with Crippen molar-refractivity contribution in [1.82, 2.24) is 0 Å². The van der Waals surface area contributed by atoms with Crippen LogP contribution in [0.25, 0.3) is 0 Å². The second-order valence-corrected chi connectivity index (χ2v) is 7.24. The van der Waals surface area contributed by atoms with Crippen LogP contribution in [0.4, 0.5) is 5.69 Å². The summed E-state index contributed by atoms with van der Waals surface area (Å²) in [5, 5.41) is 0. The van der Waals surface area contributed by atoms with E-state index in [2.05, 4.69) is 61.5 Å². The van der Waals surface area contributed by atoms with Crippen LogP contribution >= 0.6 is 0 Å². The largest absolute Gasteiger partial charge is 0.290 e. The number of allylic oxidation sites excluding steroid dienone is 6. The Bertz CT molecular complexity index is 1130. The lowest BCUT2D eigenvalue weighted by atomic mass is 9.53. The predicted octanol–water partition coefficient (Wildman–Crippen LogP) is 4.47. The highest BCUT2D eigenvalue weighted by Crippen LogP contribution is 2.60. The van der Waals surface area contributed by atoms with Gasteiger partial charge in [-0.05, 0) is 41.8 Å². The molecule has 0 saturated heterocycles. The van der Waals surface area contributed by atoms with Crippen LogP contribution in [0.5, 0.6) is 0 Å². The summed E-state index contributed by atoms with van der Waals surface area (Å²) >= 11 is 0. The van der Waals surface area contributed by atoms with Gasteiger partial charge in [-0.3, -0.25) is 4.79 Å². The smallest absolute Gasteiger partial charge is 0.183 e. The lowest BCUT2D eigenvalue weighted by Crippen LogP contribution is -2.44. The van der Waals surface area contributed by atoms with Gasteiger partial charge in [0.2, 0.25) is 0 Å². The fraction of sp³-hybridized carbons (Fsp3) is 0.130. The number of benzene rings is 2. The van der Waals surface area contributed by atoms with E-state index in [1.165, 1.54) is 22.3 Å². The standard InChI is InChI=1S/C23H15NO/c1-13-6-7-18-17(12-13)23-11-10-15(14-4-2-3-5-16(14)23)21-20(25)9-8-19(24-18)22(21)23/h2-12,15H,1H3. The zero-order valence-electron chi connectivity index (χ0n) is 13.8. The van der Waals surface area contributed by atoms with Crippen LogP contribution in [0.15, 0.2) is 82.9 Å². The maximum Gasteiger partial charge on any atom is 0.183 e. The number of rotatable bonds is 0. The molecular formula is C23H15NO. The highest BCUT2D eigenvalue weighted by atomic mass is 16.1. The van der Waals surface area contributed by atoms with Crippen molar-refractivity contribution in [2.75, 3.05) is 0 Å². The summed E-state index contributed by atoms with van der Waals surface area (Å²) in [5.74, 6) is 0.167. The Hall–Kier alpha value is -3.00. The fourth-order valence-corrected chi connectivity index (χ4v) is 5.00. The van der Waals surface area contributed by atoms with E-state index >= 15 is 0 Å². The van der Waals surface area contributed by atoms with E-state index in [9.17, 15) is 4.79 Å². The van der Waals surface area contributed by atoms with Crippen molar-refractivity contribution in [1.29, 1.82) is 0 Å². The summed E-state index contributed by atoms with van der Waals surface area (Å²) < 4.78 is 0. The minimum Gasteiger partial charge on any atom is -0.290 e. The molecule has 1 aliphatic heterocycles. The average Bonchev–Trinajstić information content (AvgIpc) is 2.65. The van der Waals surface area contributed by atoms with E-state index in [4.69, 9.17) is 4.99 Å². The van der Waals surface area contributed by atoms with Gasteiger partial charge >= 0.3 is 0 Å². The monoisotopic (exact) mass is 321 g/mol.